The number of rotatable bonds is 20. The molecule has 2 aromatic rings. The molecule has 23 heteroatoms. The number of H-pyrrole nitrogens is 3. The first-order chi connectivity index (χ1) is 25.5. The quantitative estimate of drug-likeness (QED) is 0.0220. The fraction of sp³-hybridized carbons (Fsp3) is 0.419. The van der Waals surface area contributed by atoms with E-state index in [-0.39, 0.29) is 53.3 Å². The van der Waals surface area contributed by atoms with E-state index in [1.807, 2.05) is 0 Å². The molecule has 2 amide bonds. The van der Waals surface area contributed by atoms with Gasteiger partial charge in [0.05, 0.1) is 49.3 Å². The van der Waals surface area contributed by atoms with Gasteiger partial charge in [0.15, 0.2) is 24.6 Å². The highest BCUT2D eigenvalue weighted by molar-refractivity contribution is 8.14. The third kappa shape index (κ3) is 30.4. The highest BCUT2D eigenvalue weighted by atomic mass is 32.2. The second-order valence-electron chi connectivity index (χ2n) is 9.93. The van der Waals surface area contributed by atoms with E-state index >= 15 is 0 Å². The largest absolute Gasteiger partial charge is 0.499 e. The Morgan fingerprint density at radius 3 is 1.43 bits per heavy atom. The molecule has 2 heterocycles. The first-order valence-corrected chi connectivity index (χ1v) is 19.2. The highest BCUT2D eigenvalue weighted by Crippen LogP contribution is 2.25. The Bertz CT molecular complexity index is 1600. The Balaban J connectivity index is 0.00000126. The second kappa shape index (κ2) is 30.2. The van der Waals surface area contributed by atoms with Gasteiger partial charge < -0.3 is 44.5 Å². The molecule has 5 N–H and O–H groups in total. The van der Waals surface area contributed by atoms with Crippen LogP contribution in [0.1, 0.15) is 40.5 Å². The lowest BCUT2D eigenvalue weighted by atomic mass is 10.3. The van der Waals surface area contributed by atoms with Gasteiger partial charge in [0.25, 0.3) is 10.5 Å². The SMILES string of the molecule is C=C(C)OCCCC(=O)Sc1nc(SC(=O)NCCOC(=C)C)nc(SC(=O)NCCOC(=C)C)n1.C=C(C)OCCN=C=O.S=c1[nH]c(=S)[nH]c(=S)[nH]1. The fourth-order valence-electron chi connectivity index (χ4n) is 2.78. The number of ether oxygens (including phenoxy) is 4. The van der Waals surface area contributed by atoms with Crippen molar-refractivity contribution >= 4 is 93.6 Å². The van der Waals surface area contributed by atoms with Crippen LogP contribution in [0.2, 0.25) is 0 Å². The summed E-state index contributed by atoms with van der Waals surface area (Å²) in [7, 11) is 0. The van der Waals surface area contributed by atoms with Crippen molar-refractivity contribution in [1.82, 2.24) is 40.5 Å². The molecule has 0 unspecified atom stereocenters. The number of hydrogen-bond acceptors (Lipinski definition) is 18. The van der Waals surface area contributed by atoms with Crippen molar-refractivity contribution in [3.8, 4) is 0 Å². The Morgan fingerprint density at radius 2 is 1.04 bits per heavy atom. The second-order valence-corrected chi connectivity index (χ2v) is 14.1. The number of hydrogen-bond donors (Lipinski definition) is 5. The standard InChI is InChI=1S/C22H31N5O6S3.C6H9NO2.C3H3N3S3/c1-14(2)31-11-7-8-17(28)34-18-25-19(35-21(29)23-9-12-32-15(3)4)27-20(26-18)36-22(30)24-10-13-33-16(5)6;1-6(2)9-4-3-7-5-8;7-1-4-2(8)6-3(9)5-1/h1,3,5,7-13H2,2,4,6H3,(H,23,29)(H,24,30);1,3-4H2,2H3;(H3,4,5,6,7,8,9). The summed E-state index contributed by atoms with van der Waals surface area (Å²) in [4.78, 5) is 70.1. The molecule has 0 spiro atoms. The molecular formula is C31H43N9O8S6. The minimum Gasteiger partial charge on any atom is -0.499 e. The average molecular weight is 862 g/mol. The zero-order valence-electron chi connectivity index (χ0n) is 30.2. The number of amides is 2. The maximum absolute atomic E-state index is 12.4. The van der Waals surface area contributed by atoms with Gasteiger partial charge in [0.2, 0.25) is 16.4 Å². The molecule has 0 aliphatic heterocycles. The zero-order chi connectivity index (χ0) is 40.9. The van der Waals surface area contributed by atoms with Crippen LogP contribution < -0.4 is 10.6 Å². The molecule has 0 aliphatic rings. The molecule has 296 valence electrons. The molecule has 0 bridgehead atoms. The van der Waals surface area contributed by atoms with E-state index in [1.165, 1.54) is 6.08 Å². The van der Waals surface area contributed by atoms with Crippen molar-refractivity contribution in [2.75, 3.05) is 46.1 Å². The molecule has 0 aliphatic carbocycles. The molecular weight excluding hydrogens is 819 g/mol. The lowest BCUT2D eigenvalue weighted by molar-refractivity contribution is -0.111. The lowest BCUT2D eigenvalue weighted by Gasteiger charge is -2.08. The number of allylic oxidation sites excluding steroid dienone is 4. The predicted molar refractivity (Wildman–Crippen MR) is 216 cm³/mol. The molecule has 0 fully saturated rings. The van der Waals surface area contributed by atoms with Crippen LogP contribution in [-0.2, 0) is 28.5 Å². The Hall–Kier alpha value is -4.12. The topological polar surface area (TPSA) is 228 Å². The van der Waals surface area contributed by atoms with E-state index in [4.69, 9.17) is 55.6 Å². The molecule has 0 atom stereocenters. The number of nitrogens with one attached hydrogen (secondary N) is 5. The molecule has 0 aromatic carbocycles. The van der Waals surface area contributed by atoms with Gasteiger partial charge in [-0.15, -0.1) is 0 Å². The number of isocyanates is 1. The van der Waals surface area contributed by atoms with Crippen LogP contribution in [0.4, 0.5) is 9.59 Å². The minimum absolute atomic E-state index is 0.0464. The van der Waals surface area contributed by atoms with Crippen LogP contribution in [0.15, 0.2) is 69.8 Å². The van der Waals surface area contributed by atoms with E-state index in [9.17, 15) is 19.2 Å². The number of aliphatic imine (C=N–C) groups is 1. The third-order valence-corrected chi connectivity index (χ3v) is 7.56. The van der Waals surface area contributed by atoms with Gasteiger partial charge in [-0.2, -0.15) is 15.0 Å². The molecule has 0 saturated carbocycles. The number of aromatic nitrogens is 6. The van der Waals surface area contributed by atoms with Crippen LogP contribution in [0.5, 0.6) is 0 Å². The Labute approximate surface area is 341 Å². The van der Waals surface area contributed by atoms with Crippen molar-refractivity contribution < 1.29 is 38.1 Å². The number of nitrogens with zero attached hydrogens (tertiary/aromatic N) is 4. The van der Waals surface area contributed by atoms with Gasteiger partial charge in [0, 0.05) is 29.9 Å². The van der Waals surface area contributed by atoms with Crippen molar-refractivity contribution in [1.29, 1.82) is 0 Å². The maximum atomic E-state index is 12.4. The summed E-state index contributed by atoms with van der Waals surface area (Å²) in [6, 6.07) is 0. The lowest BCUT2D eigenvalue weighted by Crippen LogP contribution is -2.24. The van der Waals surface area contributed by atoms with Crippen molar-refractivity contribution in [3.05, 3.63) is 63.7 Å². The van der Waals surface area contributed by atoms with Gasteiger partial charge in [-0.3, -0.25) is 14.4 Å². The number of aromatic amines is 3. The van der Waals surface area contributed by atoms with Crippen LogP contribution >= 0.6 is 71.9 Å². The van der Waals surface area contributed by atoms with E-state index < -0.39 is 10.5 Å². The first-order valence-electron chi connectivity index (χ1n) is 15.5. The van der Waals surface area contributed by atoms with Crippen molar-refractivity contribution in [2.45, 2.75) is 56.0 Å². The van der Waals surface area contributed by atoms with Gasteiger partial charge in [-0.1, -0.05) is 26.3 Å². The summed E-state index contributed by atoms with van der Waals surface area (Å²) in [6.45, 7) is 23.4. The van der Waals surface area contributed by atoms with Gasteiger partial charge in [0.1, 0.15) is 19.8 Å². The van der Waals surface area contributed by atoms with Crippen LogP contribution in [0.25, 0.3) is 0 Å². The van der Waals surface area contributed by atoms with Gasteiger partial charge in [-0.05, 0) is 82.5 Å². The summed E-state index contributed by atoms with van der Waals surface area (Å²) in [5.41, 5.74) is 0. The fourth-order valence-corrected chi connectivity index (χ4v) is 5.68. The van der Waals surface area contributed by atoms with Crippen LogP contribution in [0, 0.1) is 14.3 Å². The van der Waals surface area contributed by atoms with Crippen LogP contribution in [-0.4, -0.2) is 97.6 Å². The van der Waals surface area contributed by atoms with E-state index in [0.29, 0.717) is 87.1 Å². The molecule has 2 aromatic heterocycles. The highest BCUT2D eigenvalue weighted by Gasteiger charge is 2.17. The molecule has 54 heavy (non-hydrogen) atoms. The Kier molecular flexibility index (Phi) is 27.9. The van der Waals surface area contributed by atoms with E-state index in [2.05, 4.69) is 71.8 Å². The van der Waals surface area contributed by atoms with E-state index in [0.717, 1.165) is 11.8 Å². The average Bonchev–Trinajstić information content (AvgIpc) is 3.05. The Morgan fingerprint density at radius 1 is 0.667 bits per heavy atom. The zero-order valence-corrected chi connectivity index (χ0v) is 35.1. The summed E-state index contributed by atoms with van der Waals surface area (Å²) >= 11 is 16.4. The molecule has 17 nitrogen and oxygen atoms in total. The van der Waals surface area contributed by atoms with E-state index in [1.54, 1.807) is 27.7 Å². The molecule has 0 saturated heterocycles. The summed E-state index contributed by atoms with van der Waals surface area (Å²) in [5.74, 6) is 2.29. The normalized spacial score (nSPS) is 9.63. The van der Waals surface area contributed by atoms with Gasteiger partial charge >= 0.3 is 0 Å². The third-order valence-electron chi connectivity index (χ3n) is 4.76. The first kappa shape index (κ1) is 49.9. The summed E-state index contributed by atoms with van der Waals surface area (Å²) in [5, 5.41) is 4.42. The number of thioether (sulfide) groups is 3. The molecule has 0 radical (unpaired) electrons. The van der Waals surface area contributed by atoms with Crippen molar-refractivity contribution in [2.24, 2.45) is 4.99 Å². The van der Waals surface area contributed by atoms with Crippen molar-refractivity contribution in [3.63, 3.8) is 0 Å². The van der Waals surface area contributed by atoms with Gasteiger partial charge in [-0.25, -0.2) is 9.79 Å². The number of carbonyl (C=O) groups is 3. The predicted octanol–water partition coefficient (Wildman–Crippen LogP) is 7.26. The maximum Gasteiger partial charge on any atom is 0.286 e. The summed E-state index contributed by atoms with van der Waals surface area (Å²) < 4.78 is 21.9. The minimum atomic E-state index is -0.428. The monoisotopic (exact) mass is 861 g/mol. The summed E-state index contributed by atoms with van der Waals surface area (Å²) in [6.07, 6.45) is 2.13. The smallest absolute Gasteiger partial charge is 0.286 e. The molecule has 2 rings (SSSR count). The number of carbonyl (C=O) groups excluding carboxylic acids is 4. The van der Waals surface area contributed by atoms with Crippen LogP contribution in [0.3, 0.4) is 0 Å².